The van der Waals surface area contributed by atoms with Crippen molar-refractivity contribution in [1.82, 2.24) is 19.4 Å². The first kappa shape index (κ1) is 37.0. The number of amides is 1. The maximum absolute atomic E-state index is 14.3. The molecule has 1 aromatic heterocycles. The van der Waals surface area contributed by atoms with Gasteiger partial charge in [0.2, 0.25) is 11.7 Å². The highest BCUT2D eigenvalue weighted by molar-refractivity contribution is 7.86. The summed E-state index contributed by atoms with van der Waals surface area (Å²) >= 11 is 12.9. The number of imidazole rings is 1. The van der Waals surface area contributed by atoms with Gasteiger partial charge in [-0.1, -0.05) is 41.4 Å². The van der Waals surface area contributed by atoms with Crippen LogP contribution in [0.4, 0.5) is 5.95 Å². The molecule has 2 aliphatic rings. The standard InChI is InChI=1S/C36H43Cl2N5O7S/c1-41-29-9-7-6-8-28(29)40-35(41)39-25-12-16-42(17-13-25)18-14-36(24-10-11-26(37)27(38)22-24)15-19-43(34(36)50-51(5,45)46)33(44)23-20-30(47-2)32(49-4)31(21-23)48-3/h6-11,20-22,25,34H,12-19H2,1-5H3,(H,39,40)/t34?,36-/m1/s1. The van der Waals surface area contributed by atoms with Crippen molar-refractivity contribution < 1.29 is 31.6 Å². The van der Waals surface area contributed by atoms with Gasteiger partial charge in [0, 0.05) is 43.7 Å². The van der Waals surface area contributed by atoms with E-state index in [4.69, 9.17) is 46.6 Å². The molecule has 2 atom stereocenters. The first-order chi connectivity index (χ1) is 24.4. The van der Waals surface area contributed by atoms with Gasteiger partial charge in [-0.2, -0.15) is 8.42 Å². The van der Waals surface area contributed by atoms with Crippen LogP contribution < -0.4 is 19.5 Å². The molecule has 0 spiro atoms. The van der Waals surface area contributed by atoms with Gasteiger partial charge >= 0.3 is 0 Å². The molecule has 6 rings (SSSR count). The number of halogens is 2. The van der Waals surface area contributed by atoms with Crippen LogP contribution in [0.3, 0.4) is 0 Å². The SMILES string of the molecule is COc1cc(C(=O)N2CC[C@](CCN3CCC(Nc4nc5ccccc5n4C)CC3)(c3ccc(Cl)c(Cl)c3)C2OS(C)(=O)=O)cc(OC)c1OC. The van der Waals surface area contributed by atoms with Gasteiger partial charge < -0.3 is 33.9 Å². The molecule has 274 valence electrons. The number of anilines is 1. The molecular formula is C36H43Cl2N5O7S. The van der Waals surface area contributed by atoms with E-state index in [0.29, 0.717) is 46.7 Å². The summed E-state index contributed by atoms with van der Waals surface area (Å²) in [5.74, 6) is 1.32. The highest BCUT2D eigenvalue weighted by Crippen LogP contribution is 2.47. The van der Waals surface area contributed by atoms with Gasteiger partial charge in [0.05, 0.1) is 48.7 Å². The van der Waals surface area contributed by atoms with E-state index in [1.807, 2.05) is 31.3 Å². The highest BCUT2D eigenvalue weighted by Gasteiger charge is 2.53. The minimum atomic E-state index is -4.04. The predicted octanol–water partition coefficient (Wildman–Crippen LogP) is 5.96. The second-order valence-electron chi connectivity index (χ2n) is 13.1. The molecule has 0 aliphatic carbocycles. The van der Waals surface area contributed by atoms with Gasteiger partial charge in [0.15, 0.2) is 17.7 Å². The fourth-order valence-corrected chi connectivity index (χ4v) is 8.27. The lowest BCUT2D eigenvalue weighted by Crippen LogP contribution is -2.50. The molecule has 51 heavy (non-hydrogen) atoms. The summed E-state index contributed by atoms with van der Waals surface area (Å²) in [6, 6.07) is 16.7. The average molecular weight is 761 g/mol. The van der Waals surface area contributed by atoms with Gasteiger partial charge in [0.1, 0.15) is 0 Å². The number of likely N-dealkylation sites (tertiary alicyclic amines) is 2. The summed E-state index contributed by atoms with van der Waals surface area (Å²) in [5, 5.41) is 4.33. The Morgan fingerprint density at radius 3 is 2.25 bits per heavy atom. The summed E-state index contributed by atoms with van der Waals surface area (Å²) in [4.78, 5) is 22.9. The van der Waals surface area contributed by atoms with Crippen molar-refractivity contribution in [2.24, 2.45) is 7.05 Å². The fourth-order valence-electron chi connectivity index (χ4n) is 7.35. The Bertz CT molecular complexity index is 1990. The highest BCUT2D eigenvalue weighted by atomic mass is 35.5. The number of rotatable bonds is 12. The van der Waals surface area contributed by atoms with E-state index in [1.165, 1.54) is 26.2 Å². The van der Waals surface area contributed by atoms with Crippen LogP contribution in [-0.2, 0) is 26.8 Å². The topological polar surface area (TPSA) is 124 Å². The van der Waals surface area contributed by atoms with Crippen molar-refractivity contribution in [3.8, 4) is 17.2 Å². The van der Waals surface area contributed by atoms with Crippen LogP contribution in [0.2, 0.25) is 10.0 Å². The molecule has 3 heterocycles. The minimum Gasteiger partial charge on any atom is -0.493 e. The van der Waals surface area contributed by atoms with Gasteiger partial charge in [-0.3, -0.25) is 4.79 Å². The smallest absolute Gasteiger partial charge is 0.266 e. The minimum absolute atomic E-state index is 0.222. The number of hydrogen-bond acceptors (Lipinski definition) is 10. The number of hydrogen-bond donors (Lipinski definition) is 1. The molecule has 4 aromatic rings. The molecule has 1 unspecified atom stereocenters. The van der Waals surface area contributed by atoms with Gasteiger partial charge in [-0.15, -0.1) is 0 Å². The third-order valence-corrected chi connectivity index (χ3v) is 11.3. The second-order valence-corrected chi connectivity index (χ2v) is 15.5. The van der Waals surface area contributed by atoms with Crippen molar-refractivity contribution in [2.45, 2.75) is 43.4 Å². The monoisotopic (exact) mass is 759 g/mol. The van der Waals surface area contributed by atoms with Crippen molar-refractivity contribution in [2.75, 3.05) is 59.1 Å². The number of carbonyl (C=O) groups is 1. The summed E-state index contributed by atoms with van der Waals surface area (Å²) < 4.78 is 50.2. The lowest BCUT2D eigenvalue weighted by molar-refractivity contribution is 0.0138. The molecule has 0 bridgehead atoms. The number of methoxy groups -OCH3 is 3. The molecule has 2 aliphatic heterocycles. The fraction of sp³-hybridized carbons (Fsp3) is 0.444. The summed E-state index contributed by atoms with van der Waals surface area (Å²) in [7, 11) is 2.38. The first-order valence-electron chi connectivity index (χ1n) is 16.7. The zero-order chi connectivity index (χ0) is 36.5. The number of aromatic nitrogens is 2. The van der Waals surface area contributed by atoms with Crippen LogP contribution in [0.25, 0.3) is 11.0 Å². The maximum Gasteiger partial charge on any atom is 0.266 e. The number of aryl methyl sites for hydroxylation is 1. The molecule has 3 aromatic carbocycles. The number of nitrogens with zero attached hydrogens (tertiary/aromatic N) is 4. The maximum atomic E-state index is 14.3. The number of carbonyl (C=O) groups excluding carboxylic acids is 1. The lowest BCUT2D eigenvalue weighted by Gasteiger charge is -2.40. The Kier molecular flexibility index (Phi) is 10.9. The number of nitrogens with one attached hydrogen (secondary N) is 1. The van der Waals surface area contributed by atoms with Crippen LogP contribution in [0, 0.1) is 0 Å². The average Bonchev–Trinajstić information content (AvgIpc) is 3.64. The van der Waals surface area contributed by atoms with E-state index in [2.05, 4.69) is 20.9 Å². The molecule has 2 fully saturated rings. The van der Waals surface area contributed by atoms with Crippen molar-refractivity contribution in [3.63, 3.8) is 0 Å². The number of piperidine rings is 1. The van der Waals surface area contributed by atoms with Gasteiger partial charge in [-0.25, -0.2) is 9.17 Å². The Labute approximate surface area is 308 Å². The molecule has 15 heteroatoms. The van der Waals surface area contributed by atoms with Gasteiger partial charge in [-0.05, 0) is 74.2 Å². The van der Waals surface area contributed by atoms with Crippen LogP contribution in [0.15, 0.2) is 54.6 Å². The quantitative estimate of drug-likeness (QED) is 0.173. The Morgan fingerprint density at radius 2 is 1.65 bits per heavy atom. The van der Waals surface area contributed by atoms with Crippen LogP contribution in [-0.4, -0.2) is 99.7 Å². The second kappa shape index (κ2) is 15.1. The zero-order valence-corrected chi connectivity index (χ0v) is 31.6. The summed E-state index contributed by atoms with van der Waals surface area (Å²) in [5.41, 5.74) is 2.06. The third kappa shape index (κ3) is 7.59. The van der Waals surface area contributed by atoms with Crippen molar-refractivity contribution in [3.05, 3.63) is 75.8 Å². The summed E-state index contributed by atoms with van der Waals surface area (Å²) in [6.07, 6.45) is 2.54. The molecule has 1 amide bonds. The van der Waals surface area contributed by atoms with Crippen LogP contribution in [0.1, 0.15) is 41.6 Å². The van der Waals surface area contributed by atoms with E-state index in [-0.39, 0.29) is 18.2 Å². The van der Waals surface area contributed by atoms with E-state index < -0.39 is 27.7 Å². The normalized spacial score (nSPS) is 20.1. The van der Waals surface area contributed by atoms with Gasteiger partial charge in [0.25, 0.3) is 16.0 Å². The molecule has 0 radical (unpaired) electrons. The first-order valence-corrected chi connectivity index (χ1v) is 19.3. The van der Waals surface area contributed by atoms with E-state index in [9.17, 15) is 13.2 Å². The number of benzene rings is 3. The Morgan fingerprint density at radius 1 is 0.961 bits per heavy atom. The van der Waals surface area contributed by atoms with Crippen molar-refractivity contribution >= 4 is 56.2 Å². The van der Waals surface area contributed by atoms with Crippen LogP contribution >= 0.6 is 23.2 Å². The van der Waals surface area contributed by atoms with Crippen LogP contribution in [0.5, 0.6) is 17.2 Å². The molecule has 2 saturated heterocycles. The number of ether oxygens (including phenoxy) is 3. The third-order valence-electron chi connectivity index (χ3n) is 10.1. The van der Waals surface area contributed by atoms with E-state index in [1.54, 1.807) is 24.3 Å². The summed E-state index contributed by atoms with van der Waals surface area (Å²) in [6.45, 7) is 2.50. The Hall–Kier alpha value is -3.75. The molecular weight excluding hydrogens is 717 g/mol. The molecule has 1 N–H and O–H groups in total. The lowest BCUT2D eigenvalue weighted by atomic mass is 9.75. The largest absolute Gasteiger partial charge is 0.493 e. The Balaban J connectivity index is 1.26. The van der Waals surface area contributed by atoms with E-state index >= 15 is 0 Å². The van der Waals surface area contributed by atoms with E-state index in [0.717, 1.165) is 54.7 Å². The van der Waals surface area contributed by atoms with Crippen molar-refractivity contribution in [1.29, 1.82) is 0 Å². The molecule has 0 saturated carbocycles. The zero-order valence-electron chi connectivity index (χ0n) is 29.3. The number of para-hydroxylation sites is 2. The number of fused-ring (bicyclic) bond motifs is 1. The molecule has 12 nitrogen and oxygen atoms in total. The predicted molar refractivity (Wildman–Crippen MR) is 198 cm³/mol.